The summed E-state index contributed by atoms with van der Waals surface area (Å²) >= 11 is 6.11. The lowest BCUT2D eigenvalue weighted by molar-refractivity contribution is -0.132. The molecule has 1 amide bonds. The predicted molar refractivity (Wildman–Crippen MR) is 80.3 cm³/mol. The molecule has 0 saturated carbocycles. The molecule has 0 aromatic heterocycles. The smallest absolute Gasteiger partial charge is 0.237 e. The fraction of sp³-hybridized carbons (Fsp3) is 0.467. The molecule has 0 heterocycles. The van der Waals surface area contributed by atoms with Crippen LogP contribution in [0.2, 0.25) is 5.02 Å². The Morgan fingerprint density at radius 1 is 1.50 bits per heavy atom. The summed E-state index contributed by atoms with van der Waals surface area (Å²) in [6, 6.07) is 9.59. The third kappa shape index (κ3) is 3.96. The summed E-state index contributed by atoms with van der Waals surface area (Å²) in [4.78, 5) is 13.5. The zero-order valence-corrected chi connectivity index (χ0v) is 13.0. The second kappa shape index (κ2) is 6.74. The maximum atomic E-state index is 12.0. The minimum Gasteiger partial charge on any atom is -0.326 e. The highest BCUT2D eigenvalue weighted by Crippen LogP contribution is 2.22. The molecule has 20 heavy (non-hydrogen) atoms. The summed E-state index contributed by atoms with van der Waals surface area (Å²) in [7, 11) is 1.63. The van der Waals surface area contributed by atoms with Gasteiger partial charge in [0, 0.05) is 18.1 Å². The summed E-state index contributed by atoms with van der Waals surface area (Å²) in [5, 5.41) is 12.8. The first-order chi connectivity index (χ1) is 9.29. The molecule has 1 aromatic rings. The number of hydrogen-bond acceptors (Lipinski definition) is 3. The van der Waals surface area contributed by atoms with Crippen LogP contribution in [0.1, 0.15) is 32.4 Å². The number of rotatable bonds is 5. The van der Waals surface area contributed by atoms with Crippen molar-refractivity contribution in [2.75, 3.05) is 13.6 Å². The normalized spacial score (nSPS) is 12.6. The van der Waals surface area contributed by atoms with Gasteiger partial charge < -0.3 is 10.2 Å². The molecule has 0 bridgehead atoms. The average Bonchev–Trinajstić information content (AvgIpc) is 2.44. The first-order valence-corrected chi connectivity index (χ1v) is 6.83. The highest BCUT2D eigenvalue weighted by molar-refractivity contribution is 6.31. The Bertz CT molecular complexity index is 522. The largest absolute Gasteiger partial charge is 0.326 e. The van der Waals surface area contributed by atoms with E-state index in [0.717, 1.165) is 5.56 Å². The number of nitrogens with zero attached hydrogens (tertiary/aromatic N) is 2. The van der Waals surface area contributed by atoms with E-state index in [1.165, 1.54) is 4.90 Å². The zero-order valence-electron chi connectivity index (χ0n) is 12.3. The average molecular weight is 294 g/mol. The second-order valence-corrected chi connectivity index (χ2v) is 5.65. The summed E-state index contributed by atoms with van der Waals surface area (Å²) in [5.74, 6) is -0.129. The number of nitriles is 1. The number of halogens is 1. The van der Waals surface area contributed by atoms with Crippen molar-refractivity contribution in [2.24, 2.45) is 0 Å². The molecule has 1 atom stereocenters. The first kappa shape index (κ1) is 16.5. The first-order valence-electron chi connectivity index (χ1n) is 6.45. The molecule has 0 radical (unpaired) electrons. The number of carbonyl (C=O) groups excluding carboxylic acids is 1. The predicted octanol–water partition coefficient (Wildman–Crippen LogP) is 2.75. The van der Waals surface area contributed by atoms with Crippen LogP contribution in [0.15, 0.2) is 24.3 Å². The third-order valence-electron chi connectivity index (χ3n) is 3.42. The molecule has 1 rings (SSSR count). The number of amides is 1. The van der Waals surface area contributed by atoms with Crippen molar-refractivity contribution in [1.82, 2.24) is 10.2 Å². The van der Waals surface area contributed by atoms with Crippen LogP contribution in [-0.4, -0.2) is 29.9 Å². The van der Waals surface area contributed by atoms with Gasteiger partial charge in [0.05, 0.1) is 12.6 Å². The van der Waals surface area contributed by atoms with Crippen molar-refractivity contribution in [1.29, 1.82) is 5.26 Å². The van der Waals surface area contributed by atoms with Crippen LogP contribution >= 0.6 is 11.6 Å². The van der Waals surface area contributed by atoms with Crippen LogP contribution in [0.3, 0.4) is 0 Å². The van der Waals surface area contributed by atoms with Crippen molar-refractivity contribution < 1.29 is 4.79 Å². The van der Waals surface area contributed by atoms with Gasteiger partial charge in [0.1, 0.15) is 5.54 Å². The summed E-state index contributed by atoms with van der Waals surface area (Å²) in [6.07, 6.45) is 0. The van der Waals surface area contributed by atoms with Gasteiger partial charge in [-0.3, -0.25) is 4.79 Å². The van der Waals surface area contributed by atoms with E-state index >= 15 is 0 Å². The van der Waals surface area contributed by atoms with Crippen LogP contribution in [0.4, 0.5) is 0 Å². The summed E-state index contributed by atoms with van der Waals surface area (Å²) in [5.41, 5.74) is 0.135. The molecule has 0 saturated heterocycles. The van der Waals surface area contributed by atoms with Crippen LogP contribution in [0, 0.1) is 11.3 Å². The lowest BCUT2D eigenvalue weighted by atomic mass is 10.1. The van der Waals surface area contributed by atoms with E-state index in [-0.39, 0.29) is 18.5 Å². The van der Waals surface area contributed by atoms with Crippen molar-refractivity contribution >= 4 is 17.5 Å². The fourth-order valence-corrected chi connectivity index (χ4v) is 1.98. The maximum Gasteiger partial charge on any atom is 0.237 e. The van der Waals surface area contributed by atoms with Gasteiger partial charge in [0.25, 0.3) is 0 Å². The molecule has 0 spiro atoms. The molecule has 0 aliphatic rings. The number of hydrogen-bond donors (Lipinski definition) is 1. The molecular weight excluding hydrogens is 274 g/mol. The standard InChI is InChI=1S/C15H20ClN3O/c1-11(12-7-5-6-8-13(12)16)18-9-14(20)19(4)15(2,3)10-17/h5-8,11,18H,9H2,1-4H3/t11-/m0/s1. The Kier molecular flexibility index (Phi) is 5.55. The second-order valence-electron chi connectivity index (χ2n) is 5.25. The van der Waals surface area contributed by atoms with Crippen molar-refractivity contribution in [3.8, 4) is 6.07 Å². The molecule has 0 unspecified atom stereocenters. The fourth-order valence-electron chi connectivity index (χ4n) is 1.68. The number of carbonyl (C=O) groups is 1. The van der Waals surface area contributed by atoms with E-state index in [1.807, 2.05) is 31.2 Å². The van der Waals surface area contributed by atoms with E-state index in [1.54, 1.807) is 20.9 Å². The van der Waals surface area contributed by atoms with E-state index in [2.05, 4.69) is 11.4 Å². The SMILES string of the molecule is C[C@H](NCC(=O)N(C)C(C)(C)C#N)c1ccccc1Cl. The summed E-state index contributed by atoms with van der Waals surface area (Å²) in [6.45, 7) is 5.53. The van der Waals surface area contributed by atoms with Crippen molar-refractivity contribution in [3.63, 3.8) is 0 Å². The van der Waals surface area contributed by atoms with E-state index in [0.29, 0.717) is 5.02 Å². The maximum absolute atomic E-state index is 12.0. The van der Waals surface area contributed by atoms with E-state index < -0.39 is 5.54 Å². The van der Waals surface area contributed by atoms with Gasteiger partial charge in [-0.1, -0.05) is 29.8 Å². The lowest BCUT2D eigenvalue weighted by Gasteiger charge is -2.29. The quantitative estimate of drug-likeness (QED) is 0.908. The van der Waals surface area contributed by atoms with Crippen molar-refractivity contribution in [3.05, 3.63) is 34.9 Å². The zero-order chi connectivity index (χ0) is 15.3. The van der Waals surface area contributed by atoms with Crippen LogP contribution in [0.25, 0.3) is 0 Å². The molecule has 0 aliphatic heterocycles. The molecule has 1 aromatic carbocycles. The highest BCUT2D eigenvalue weighted by Gasteiger charge is 2.27. The Hall–Kier alpha value is -1.57. The van der Waals surface area contributed by atoms with Gasteiger partial charge in [-0.2, -0.15) is 5.26 Å². The highest BCUT2D eigenvalue weighted by atomic mass is 35.5. The Balaban J connectivity index is 2.62. The monoisotopic (exact) mass is 293 g/mol. The van der Waals surface area contributed by atoms with Gasteiger partial charge in [-0.25, -0.2) is 0 Å². The molecule has 108 valence electrons. The number of benzene rings is 1. The van der Waals surface area contributed by atoms with Crippen molar-refractivity contribution in [2.45, 2.75) is 32.4 Å². The third-order valence-corrected chi connectivity index (χ3v) is 3.76. The molecule has 4 nitrogen and oxygen atoms in total. The molecular formula is C15H20ClN3O. The Morgan fingerprint density at radius 2 is 2.10 bits per heavy atom. The molecule has 0 aliphatic carbocycles. The van der Waals surface area contributed by atoms with Crippen LogP contribution in [0.5, 0.6) is 0 Å². The van der Waals surface area contributed by atoms with E-state index in [4.69, 9.17) is 16.9 Å². The van der Waals surface area contributed by atoms with Crippen LogP contribution in [-0.2, 0) is 4.79 Å². The summed E-state index contributed by atoms with van der Waals surface area (Å²) < 4.78 is 0. The van der Waals surface area contributed by atoms with Gasteiger partial charge in [-0.15, -0.1) is 0 Å². The van der Waals surface area contributed by atoms with Gasteiger partial charge in [0.2, 0.25) is 5.91 Å². The Morgan fingerprint density at radius 3 is 2.65 bits per heavy atom. The molecule has 5 heteroatoms. The number of likely N-dealkylation sites (N-methyl/N-ethyl adjacent to an activating group) is 1. The van der Waals surface area contributed by atoms with Crippen LogP contribution < -0.4 is 5.32 Å². The van der Waals surface area contributed by atoms with Gasteiger partial charge in [0.15, 0.2) is 0 Å². The topological polar surface area (TPSA) is 56.1 Å². The van der Waals surface area contributed by atoms with Gasteiger partial charge >= 0.3 is 0 Å². The molecule has 0 fully saturated rings. The van der Waals surface area contributed by atoms with E-state index in [9.17, 15) is 4.79 Å². The van der Waals surface area contributed by atoms with Gasteiger partial charge in [-0.05, 0) is 32.4 Å². The Labute approximate surface area is 125 Å². The molecule has 1 N–H and O–H groups in total. The lowest BCUT2D eigenvalue weighted by Crippen LogP contribution is -2.47. The number of nitrogens with one attached hydrogen (secondary N) is 1. The minimum atomic E-state index is -0.813. The minimum absolute atomic E-state index is 0.0359.